The lowest BCUT2D eigenvalue weighted by Gasteiger charge is -2.06. The standard InChI is InChI=1S/C22H21N5OS/c1-3-16-6-10-18(11-7-16)23-20(28)14-29-21-13-12-19-24-25-22(27(19)26-21)17-8-4-15(2)5-9-17/h4-13H,3,14H2,1-2H3,(H,23,28). The van der Waals surface area contributed by atoms with Crippen molar-refractivity contribution >= 4 is 29.0 Å². The summed E-state index contributed by atoms with van der Waals surface area (Å²) in [6.45, 7) is 4.15. The van der Waals surface area contributed by atoms with Crippen LogP contribution in [-0.4, -0.2) is 31.5 Å². The minimum atomic E-state index is -0.0661. The van der Waals surface area contributed by atoms with E-state index in [0.29, 0.717) is 11.5 Å². The van der Waals surface area contributed by atoms with Crippen LogP contribution in [0.1, 0.15) is 18.1 Å². The van der Waals surface area contributed by atoms with Gasteiger partial charge in [0.1, 0.15) is 5.03 Å². The number of amides is 1. The smallest absolute Gasteiger partial charge is 0.234 e. The second kappa shape index (κ2) is 8.45. The van der Waals surface area contributed by atoms with Gasteiger partial charge in [-0.2, -0.15) is 9.61 Å². The van der Waals surface area contributed by atoms with Gasteiger partial charge in [0.2, 0.25) is 5.91 Å². The fourth-order valence-electron chi connectivity index (χ4n) is 2.89. The zero-order valence-electron chi connectivity index (χ0n) is 16.3. The Hall–Kier alpha value is -3.19. The van der Waals surface area contributed by atoms with Crippen LogP contribution in [0.2, 0.25) is 0 Å². The molecule has 0 aliphatic rings. The van der Waals surface area contributed by atoms with E-state index in [1.807, 2.05) is 67.6 Å². The van der Waals surface area contributed by atoms with E-state index in [9.17, 15) is 4.79 Å². The number of carbonyl (C=O) groups excluding carboxylic acids is 1. The topological polar surface area (TPSA) is 72.2 Å². The SMILES string of the molecule is CCc1ccc(NC(=O)CSc2ccc3nnc(-c4ccc(C)cc4)n3n2)cc1. The summed E-state index contributed by atoms with van der Waals surface area (Å²) in [5.41, 5.74) is 4.85. The maximum atomic E-state index is 12.3. The van der Waals surface area contributed by atoms with Gasteiger partial charge in [-0.15, -0.1) is 10.2 Å². The minimum absolute atomic E-state index is 0.0661. The summed E-state index contributed by atoms with van der Waals surface area (Å²) in [6.07, 6.45) is 0.978. The molecule has 0 atom stereocenters. The Kier molecular flexibility index (Phi) is 5.57. The number of hydrogen-bond acceptors (Lipinski definition) is 5. The van der Waals surface area contributed by atoms with E-state index in [1.165, 1.54) is 22.9 Å². The number of nitrogens with zero attached hydrogens (tertiary/aromatic N) is 4. The summed E-state index contributed by atoms with van der Waals surface area (Å²) >= 11 is 1.38. The number of aryl methyl sites for hydroxylation is 2. The number of fused-ring (bicyclic) bond motifs is 1. The predicted molar refractivity (Wildman–Crippen MR) is 116 cm³/mol. The van der Waals surface area contributed by atoms with Crippen molar-refractivity contribution in [1.29, 1.82) is 0 Å². The first-order chi connectivity index (χ1) is 14.1. The Labute approximate surface area is 173 Å². The highest BCUT2D eigenvalue weighted by Gasteiger charge is 2.11. The highest BCUT2D eigenvalue weighted by Crippen LogP contribution is 2.21. The molecule has 0 radical (unpaired) electrons. The third-order valence-corrected chi connectivity index (χ3v) is 5.47. The average molecular weight is 404 g/mol. The number of hydrogen-bond donors (Lipinski definition) is 1. The Morgan fingerprint density at radius 2 is 1.76 bits per heavy atom. The lowest BCUT2D eigenvalue weighted by atomic mass is 10.1. The predicted octanol–water partition coefficient (Wildman–Crippen LogP) is 4.39. The van der Waals surface area contributed by atoms with Gasteiger partial charge < -0.3 is 5.32 Å². The van der Waals surface area contributed by atoms with Crippen LogP contribution in [0.4, 0.5) is 5.69 Å². The maximum Gasteiger partial charge on any atom is 0.234 e. The van der Waals surface area contributed by atoms with Crippen molar-refractivity contribution in [2.45, 2.75) is 25.3 Å². The number of rotatable bonds is 6. The number of benzene rings is 2. The molecule has 146 valence electrons. The molecule has 4 rings (SSSR count). The van der Waals surface area contributed by atoms with Crippen molar-refractivity contribution in [1.82, 2.24) is 19.8 Å². The quantitative estimate of drug-likeness (QED) is 0.483. The molecule has 0 unspecified atom stereocenters. The van der Waals surface area contributed by atoms with Crippen LogP contribution in [0.3, 0.4) is 0 Å². The molecule has 0 saturated carbocycles. The largest absolute Gasteiger partial charge is 0.325 e. The lowest BCUT2D eigenvalue weighted by molar-refractivity contribution is -0.113. The van der Waals surface area contributed by atoms with Crippen LogP contribution in [0.25, 0.3) is 17.0 Å². The summed E-state index contributed by atoms with van der Waals surface area (Å²) in [7, 11) is 0. The van der Waals surface area contributed by atoms with Crippen LogP contribution in [0, 0.1) is 6.92 Å². The minimum Gasteiger partial charge on any atom is -0.325 e. The van der Waals surface area contributed by atoms with Crippen LogP contribution >= 0.6 is 11.8 Å². The molecule has 0 bridgehead atoms. The van der Waals surface area contributed by atoms with Gasteiger partial charge in [0.15, 0.2) is 11.5 Å². The second-order valence-corrected chi connectivity index (χ2v) is 7.71. The van der Waals surface area contributed by atoms with E-state index in [-0.39, 0.29) is 11.7 Å². The number of carbonyl (C=O) groups is 1. The van der Waals surface area contributed by atoms with E-state index in [1.54, 1.807) is 4.52 Å². The Balaban J connectivity index is 1.45. The summed E-state index contributed by atoms with van der Waals surface area (Å²) in [5, 5.41) is 16.7. The first kappa shape index (κ1) is 19.1. The van der Waals surface area contributed by atoms with E-state index >= 15 is 0 Å². The van der Waals surface area contributed by atoms with Crippen molar-refractivity contribution in [3.8, 4) is 11.4 Å². The molecule has 2 aromatic heterocycles. The number of anilines is 1. The van der Waals surface area contributed by atoms with E-state index in [0.717, 1.165) is 22.7 Å². The highest BCUT2D eigenvalue weighted by molar-refractivity contribution is 7.99. The number of thioether (sulfide) groups is 1. The summed E-state index contributed by atoms with van der Waals surface area (Å²) < 4.78 is 1.72. The zero-order valence-corrected chi connectivity index (χ0v) is 17.1. The fourth-order valence-corrected chi connectivity index (χ4v) is 3.55. The summed E-state index contributed by atoms with van der Waals surface area (Å²) in [6, 6.07) is 19.7. The van der Waals surface area contributed by atoms with E-state index in [4.69, 9.17) is 0 Å². The Morgan fingerprint density at radius 3 is 2.48 bits per heavy atom. The summed E-state index contributed by atoms with van der Waals surface area (Å²) in [4.78, 5) is 12.3. The van der Waals surface area contributed by atoms with Crippen LogP contribution in [-0.2, 0) is 11.2 Å². The van der Waals surface area contributed by atoms with Gasteiger partial charge >= 0.3 is 0 Å². The molecule has 29 heavy (non-hydrogen) atoms. The Morgan fingerprint density at radius 1 is 1.00 bits per heavy atom. The van der Waals surface area contributed by atoms with Crippen molar-refractivity contribution in [2.75, 3.05) is 11.1 Å². The fraction of sp³-hybridized carbons (Fsp3) is 0.182. The van der Waals surface area contributed by atoms with Gasteiger partial charge in [0, 0.05) is 11.3 Å². The third kappa shape index (κ3) is 4.46. The first-order valence-electron chi connectivity index (χ1n) is 9.43. The lowest BCUT2D eigenvalue weighted by Crippen LogP contribution is -2.14. The van der Waals surface area contributed by atoms with Crippen LogP contribution in [0.15, 0.2) is 65.7 Å². The molecule has 0 aliphatic carbocycles. The molecule has 0 saturated heterocycles. The number of aromatic nitrogens is 4. The Bertz CT molecular complexity index is 1140. The van der Waals surface area contributed by atoms with Crippen molar-refractivity contribution in [2.24, 2.45) is 0 Å². The monoisotopic (exact) mass is 403 g/mol. The first-order valence-corrected chi connectivity index (χ1v) is 10.4. The second-order valence-electron chi connectivity index (χ2n) is 6.72. The van der Waals surface area contributed by atoms with Gasteiger partial charge in [0.25, 0.3) is 0 Å². The van der Waals surface area contributed by atoms with Crippen LogP contribution < -0.4 is 5.32 Å². The van der Waals surface area contributed by atoms with Crippen molar-refractivity contribution in [3.05, 3.63) is 71.8 Å². The average Bonchev–Trinajstić information content (AvgIpc) is 3.17. The molecule has 6 nitrogen and oxygen atoms in total. The van der Waals surface area contributed by atoms with E-state index in [2.05, 4.69) is 27.5 Å². The molecular weight excluding hydrogens is 382 g/mol. The van der Waals surface area contributed by atoms with Gasteiger partial charge in [-0.25, -0.2) is 0 Å². The molecule has 0 spiro atoms. The summed E-state index contributed by atoms with van der Waals surface area (Å²) in [5.74, 6) is 0.891. The molecule has 0 fully saturated rings. The molecule has 1 N–H and O–H groups in total. The normalized spacial score (nSPS) is 11.0. The van der Waals surface area contributed by atoms with E-state index < -0.39 is 0 Å². The molecule has 4 aromatic rings. The molecule has 2 heterocycles. The van der Waals surface area contributed by atoms with Gasteiger partial charge in [-0.3, -0.25) is 4.79 Å². The molecule has 0 aliphatic heterocycles. The van der Waals surface area contributed by atoms with Crippen LogP contribution in [0.5, 0.6) is 0 Å². The molecule has 1 amide bonds. The highest BCUT2D eigenvalue weighted by atomic mass is 32.2. The van der Waals surface area contributed by atoms with Crippen molar-refractivity contribution < 1.29 is 4.79 Å². The van der Waals surface area contributed by atoms with Crippen molar-refractivity contribution in [3.63, 3.8) is 0 Å². The molecule has 2 aromatic carbocycles. The van der Waals surface area contributed by atoms with Gasteiger partial charge in [0.05, 0.1) is 5.75 Å². The maximum absolute atomic E-state index is 12.3. The molecule has 7 heteroatoms. The molecular formula is C22H21N5OS. The van der Waals surface area contributed by atoms with Gasteiger partial charge in [-0.05, 0) is 43.2 Å². The number of nitrogens with one attached hydrogen (secondary N) is 1. The van der Waals surface area contributed by atoms with Gasteiger partial charge in [-0.1, -0.05) is 60.6 Å². The third-order valence-electron chi connectivity index (χ3n) is 4.55. The zero-order chi connectivity index (χ0) is 20.2.